The van der Waals surface area contributed by atoms with E-state index in [1.807, 2.05) is 91.9 Å². The number of halogens is 1. The van der Waals surface area contributed by atoms with Crippen molar-refractivity contribution in [3.05, 3.63) is 131 Å². The number of hydrogen-bond acceptors (Lipinski definition) is 3. The van der Waals surface area contributed by atoms with Gasteiger partial charge in [0, 0.05) is 27.5 Å². The molecular formula is C34H26BrN3O2. The van der Waals surface area contributed by atoms with Crippen molar-refractivity contribution in [2.24, 2.45) is 0 Å². The lowest BCUT2D eigenvalue weighted by atomic mass is 10.0. The molecule has 4 aromatic carbocycles. The van der Waals surface area contributed by atoms with Crippen LogP contribution in [0.5, 0.6) is 5.75 Å². The van der Waals surface area contributed by atoms with Crippen LogP contribution in [0.2, 0.25) is 0 Å². The largest absolute Gasteiger partial charge is 0.494 e. The SMILES string of the molecule is CCOc1cccc(NC(=O)/C(C#N)=C/c2cc(-c3ccccc3)n(-c3ccc(Br)cc3)c2-c2ccccc2)c1. The van der Waals surface area contributed by atoms with Gasteiger partial charge in [-0.3, -0.25) is 4.79 Å². The lowest BCUT2D eigenvalue weighted by molar-refractivity contribution is -0.112. The zero-order chi connectivity index (χ0) is 27.9. The number of benzene rings is 4. The van der Waals surface area contributed by atoms with Crippen molar-refractivity contribution in [2.75, 3.05) is 11.9 Å². The highest BCUT2D eigenvalue weighted by Crippen LogP contribution is 2.37. The van der Waals surface area contributed by atoms with E-state index in [-0.39, 0.29) is 5.57 Å². The van der Waals surface area contributed by atoms with Gasteiger partial charge in [0.15, 0.2) is 0 Å². The van der Waals surface area contributed by atoms with Gasteiger partial charge in [0.25, 0.3) is 5.91 Å². The first-order valence-electron chi connectivity index (χ1n) is 12.9. The average Bonchev–Trinajstić information content (AvgIpc) is 3.36. The summed E-state index contributed by atoms with van der Waals surface area (Å²) in [5.74, 6) is 0.154. The molecule has 0 saturated carbocycles. The Morgan fingerprint density at radius 1 is 0.900 bits per heavy atom. The Bertz CT molecular complexity index is 1700. The Labute approximate surface area is 242 Å². The molecule has 0 saturated heterocycles. The second kappa shape index (κ2) is 12.3. The zero-order valence-electron chi connectivity index (χ0n) is 21.8. The van der Waals surface area contributed by atoms with Gasteiger partial charge in [-0.2, -0.15) is 5.26 Å². The Kier molecular flexibility index (Phi) is 8.24. The molecule has 196 valence electrons. The van der Waals surface area contributed by atoms with Crippen molar-refractivity contribution >= 4 is 33.6 Å². The number of hydrogen-bond donors (Lipinski definition) is 1. The van der Waals surface area contributed by atoms with Crippen LogP contribution in [-0.4, -0.2) is 17.1 Å². The van der Waals surface area contributed by atoms with Gasteiger partial charge in [0.05, 0.1) is 18.0 Å². The van der Waals surface area contributed by atoms with Gasteiger partial charge < -0.3 is 14.6 Å². The molecule has 40 heavy (non-hydrogen) atoms. The Morgan fingerprint density at radius 3 is 2.23 bits per heavy atom. The van der Waals surface area contributed by atoms with Crippen LogP contribution >= 0.6 is 15.9 Å². The fraction of sp³-hybridized carbons (Fsp3) is 0.0588. The van der Waals surface area contributed by atoms with Gasteiger partial charge in [-0.25, -0.2) is 0 Å². The molecule has 1 aromatic heterocycles. The summed E-state index contributed by atoms with van der Waals surface area (Å²) in [4.78, 5) is 13.3. The maximum absolute atomic E-state index is 13.3. The van der Waals surface area contributed by atoms with E-state index in [0.717, 1.165) is 38.2 Å². The molecule has 1 amide bonds. The fourth-order valence-corrected chi connectivity index (χ4v) is 4.81. The molecule has 5 aromatic rings. The van der Waals surface area contributed by atoms with Gasteiger partial charge in [0.2, 0.25) is 0 Å². The highest BCUT2D eigenvalue weighted by molar-refractivity contribution is 9.10. The molecule has 0 radical (unpaired) electrons. The minimum Gasteiger partial charge on any atom is -0.494 e. The van der Waals surface area contributed by atoms with Gasteiger partial charge in [-0.15, -0.1) is 0 Å². The fourth-order valence-electron chi connectivity index (χ4n) is 4.54. The number of ether oxygens (including phenoxy) is 1. The van der Waals surface area contributed by atoms with E-state index in [0.29, 0.717) is 18.0 Å². The highest BCUT2D eigenvalue weighted by atomic mass is 79.9. The van der Waals surface area contributed by atoms with Gasteiger partial charge in [-0.05, 0) is 66.6 Å². The van der Waals surface area contributed by atoms with Crippen molar-refractivity contribution in [2.45, 2.75) is 6.92 Å². The Morgan fingerprint density at radius 2 is 1.57 bits per heavy atom. The first kappa shape index (κ1) is 26.7. The summed E-state index contributed by atoms with van der Waals surface area (Å²) < 4.78 is 8.69. The van der Waals surface area contributed by atoms with E-state index in [1.165, 1.54) is 0 Å². The number of rotatable bonds is 8. The lowest BCUT2D eigenvalue weighted by Crippen LogP contribution is -2.13. The van der Waals surface area contributed by atoms with Gasteiger partial charge in [0.1, 0.15) is 17.4 Å². The topological polar surface area (TPSA) is 67.0 Å². The molecule has 5 rings (SSSR count). The molecule has 0 spiro atoms. The maximum atomic E-state index is 13.3. The monoisotopic (exact) mass is 587 g/mol. The Hall–Kier alpha value is -4.86. The number of nitrogens with one attached hydrogen (secondary N) is 1. The van der Waals surface area contributed by atoms with E-state index in [4.69, 9.17) is 4.74 Å². The third kappa shape index (κ3) is 5.90. The summed E-state index contributed by atoms with van der Waals surface area (Å²) in [6.45, 7) is 2.42. The van der Waals surface area contributed by atoms with Crippen molar-refractivity contribution < 1.29 is 9.53 Å². The number of nitriles is 1. The molecule has 0 bridgehead atoms. The predicted molar refractivity (Wildman–Crippen MR) is 164 cm³/mol. The van der Waals surface area contributed by atoms with Crippen molar-refractivity contribution in [1.82, 2.24) is 4.57 Å². The number of nitrogens with zero attached hydrogens (tertiary/aromatic N) is 2. The van der Waals surface area contributed by atoms with Crippen molar-refractivity contribution in [1.29, 1.82) is 5.26 Å². The average molecular weight is 589 g/mol. The molecule has 6 heteroatoms. The third-order valence-corrected chi connectivity index (χ3v) is 6.83. The number of anilines is 1. The lowest BCUT2D eigenvalue weighted by Gasteiger charge is -2.15. The standard InChI is InChI=1S/C34H26BrN3O2/c1-2-40-31-15-9-14-29(22-31)37-34(39)27(23-36)20-26-21-32(24-10-5-3-6-11-24)38(30-18-16-28(35)17-19-30)33(26)25-12-7-4-8-13-25/h3-22H,2H2,1H3,(H,37,39)/b27-20+. The number of amides is 1. The van der Waals surface area contributed by atoms with Crippen LogP contribution in [0.15, 0.2) is 125 Å². The van der Waals surface area contributed by atoms with Crippen LogP contribution in [-0.2, 0) is 4.79 Å². The Balaban J connectivity index is 1.67. The summed E-state index contributed by atoms with van der Waals surface area (Å²) in [5.41, 5.74) is 6.04. The molecule has 0 aliphatic heterocycles. The van der Waals surface area contributed by atoms with E-state index >= 15 is 0 Å². The van der Waals surface area contributed by atoms with E-state index < -0.39 is 5.91 Å². The highest BCUT2D eigenvalue weighted by Gasteiger charge is 2.20. The summed E-state index contributed by atoms with van der Waals surface area (Å²) >= 11 is 3.54. The van der Waals surface area contributed by atoms with Crippen LogP contribution in [0.3, 0.4) is 0 Å². The molecule has 1 N–H and O–H groups in total. The van der Waals surface area contributed by atoms with Crippen molar-refractivity contribution in [3.63, 3.8) is 0 Å². The minimum atomic E-state index is -0.493. The molecule has 0 atom stereocenters. The van der Waals surface area contributed by atoms with E-state index in [1.54, 1.807) is 24.3 Å². The van der Waals surface area contributed by atoms with Crippen LogP contribution in [0.4, 0.5) is 5.69 Å². The number of carbonyl (C=O) groups excluding carboxylic acids is 1. The predicted octanol–water partition coefficient (Wildman–Crippen LogP) is 8.52. The van der Waals surface area contributed by atoms with Crippen LogP contribution in [0, 0.1) is 11.3 Å². The first-order valence-corrected chi connectivity index (χ1v) is 13.6. The van der Waals surface area contributed by atoms with Crippen LogP contribution in [0.1, 0.15) is 12.5 Å². The number of carbonyl (C=O) groups is 1. The maximum Gasteiger partial charge on any atom is 0.266 e. The summed E-state index contributed by atoms with van der Waals surface area (Å²) in [7, 11) is 0. The normalized spacial score (nSPS) is 11.1. The molecule has 1 heterocycles. The van der Waals surface area contributed by atoms with Crippen LogP contribution in [0.25, 0.3) is 34.3 Å². The van der Waals surface area contributed by atoms with Crippen molar-refractivity contribution in [3.8, 4) is 40.0 Å². The van der Waals surface area contributed by atoms with E-state index in [2.05, 4.69) is 44.0 Å². The second-order valence-electron chi connectivity index (χ2n) is 8.96. The summed E-state index contributed by atoms with van der Waals surface area (Å²) in [5, 5.41) is 12.9. The third-order valence-electron chi connectivity index (χ3n) is 6.30. The summed E-state index contributed by atoms with van der Waals surface area (Å²) in [6, 6.07) is 39.4. The summed E-state index contributed by atoms with van der Waals surface area (Å²) in [6.07, 6.45) is 1.66. The van der Waals surface area contributed by atoms with E-state index in [9.17, 15) is 10.1 Å². The zero-order valence-corrected chi connectivity index (χ0v) is 23.4. The molecule has 0 aliphatic carbocycles. The number of aromatic nitrogens is 1. The smallest absolute Gasteiger partial charge is 0.266 e. The molecule has 0 unspecified atom stereocenters. The molecule has 0 aliphatic rings. The first-order chi connectivity index (χ1) is 19.6. The molecule has 0 fully saturated rings. The quantitative estimate of drug-likeness (QED) is 0.146. The molecule has 5 nitrogen and oxygen atoms in total. The van der Waals surface area contributed by atoms with Crippen LogP contribution < -0.4 is 10.1 Å². The molecular weight excluding hydrogens is 562 g/mol. The second-order valence-corrected chi connectivity index (χ2v) is 9.88. The van der Waals surface area contributed by atoms with Gasteiger partial charge in [-0.1, -0.05) is 82.7 Å². The minimum absolute atomic E-state index is 0.00781. The van der Waals surface area contributed by atoms with Gasteiger partial charge >= 0.3 is 0 Å².